The van der Waals surface area contributed by atoms with Crippen LogP contribution in [-0.2, 0) is 14.3 Å². The van der Waals surface area contributed by atoms with E-state index in [1.165, 1.54) is 7.11 Å². The summed E-state index contributed by atoms with van der Waals surface area (Å²) in [6.45, 7) is 4.37. The number of carbonyl (C=O) groups is 1. The Bertz CT molecular complexity index is 257. The van der Waals surface area contributed by atoms with Gasteiger partial charge < -0.3 is 9.47 Å². The fourth-order valence-electron chi connectivity index (χ4n) is 1.78. The number of hydrogen-bond donors (Lipinski definition) is 0. The summed E-state index contributed by atoms with van der Waals surface area (Å²) in [5, 5.41) is 0. The molecule has 0 saturated carbocycles. The SMILES string of the molecule is CCC(=CCN(C)C1CCOC1)C(=O)OC. The molecule has 0 spiro atoms. The van der Waals surface area contributed by atoms with Crippen molar-refractivity contribution in [3.63, 3.8) is 0 Å². The van der Waals surface area contributed by atoms with Crippen LogP contribution in [0.4, 0.5) is 0 Å². The predicted octanol–water partition coefficient (Wildman–Crippen LogP) is 1.22. The third-order valence-electron chi connectivity index (χ3n) is 2.98. The molecule has 0 amide bonds. The molecule has 1 saturated heterocycles. The van der Waals surface area contributed by atoms with Crippen LogP contribution in [0.15, 0.2) is 11.6 Å². The number of nitrogens with zero attached hydrogens (tertiary/aromatic N) is 1. The second-order valence-electron chi connectivity index (χ2n) is 4.03. The first-order valence-electron chi connectivity index (χ1n) is 5.74. The summed E-state index contributed by atoms with van der Waals surface area (Å²) in [6.07, 6.45) is 3.73. The summed E-state index contributed by atoms with van der Waals surface area (Å²) in [4.78, 5) is 13.6. The van der Waals surface area contributed by atoms with Crippen molar-refractivity contribution in [1.29, 1.82) is 0 Å². The van der Waals surface area contributed by atoms with E-state index in [0.29, 0.717) is 12.5 Å². The molecule has 0 aromatic rings. The van der Waals surface area contributed by atoms with Gasteiger partial charge in [0.05, 0.1) is 13.7 Å². The molecule has 1 atom stereocenters. The average Bonchev–Trinajstić information content (AvgIpc) is 2.82. The lowest BCUT2D eigenvalue weighted by Gasteiger charge is -2.21. The van der Waals surface area contributed by atoms with Crippen molar-refractivity contribution in [1.82, 2.24) is 4.90 Å². The lowest BCUT2D eigenvalue weighted by Crippen LogP contribution is -2.32. The second kappa shape index (κ2) is 6.66. The maximum absolute atomic E-state index is 11.3. The molecule has 0 aromatic carbocycles. The topological polar surface area (TPSA) is 38.8 Å². The van der Waals surface area contributed by atoms with Gasteiger partial charge in [0.25, 0.3) is 0 Å². The average molecular weight is 227 g/mol. The monoisotopic (exact) mass is 227 g/mol. The normalized spacial score (nSPS) is 21.5. The first-order chi connectivity index (χ1) is 7.69. The largest absolute Gasteiger partial charge is 0.466 e. The third-order valence-corrected chi connectivity index (χ3v) is 2.98. The van der Waals surface area contributed by atoms with Gasteiger partial charge in [-0.3, -0.25) is 4.90 Å². The molecule has 1 aliphatic rings. The zero-order valence-electron chi connectivity index (χ0n) is 10.4. The highest BCUT2D eigenvalue weighted by atomic mass is 16.5. The minimum atomic E-state index is -0.224. The second-order valence-corrected chi connectivity index (χ2v) is 4.03. The van der Waals surface area contributed by atoms with Gasteiger partial charge in [-0.1, -0.05) is 13.0 Å². The number of rotatable bonds is 5. The van der Waals surface area contributed by atoms with Gasteiger partial charge in [0.2, 0.25) is 0 Å². The number of esters is 1. The Morgan fingerprint density at radius 2 is 2.38 bits per heavy atom. The number of hydrogen-bond acceptors (Lipinski definition) is 4. The highest BCUT2D eigenvalue weighted by Crippen LogP contribution is 2.11. The Morgan fingerprint density at radius 3 is 2.88 bits per heavy atom. The number of ether oxygens (including phenoxy) is 2. The van der Waals surface area contributed by atoms with Gasteiger partial charge in [-0.2, -0.15) is 0 Å². The van der Waals surface area contributed by atoms with Crippen molar-refractivity contribution in [2.45, 2.75) is 25.8 Å². The van der Waals surface area contributed by atoms with Crippen molar-refractivity contribution >= 4 is 5.97 Å². The lowest BCUT2D eigenvalue weighted by atomic mass is 10.1. The molecule has 0 aliphatic carbocycles. The molecule has 1 aliphatic heterocycles. The number of likely N-dealkylation sites (N-methyl/N-ethyl adjacent to an activating group) is 1. The maximum Gasteiger partial charge on any atom is 0.333 e. The van der Waals surface area contributed by atoms with Gasteiger partial charge in [-0.25, -0.2) is 4.79 Å². The van der Waals surface area contributed by atoms with Crippen molar-refractivity contribution in [2.24, 2.45) is 0 Å². The van der Waals surface area contributed by atoms with Crippen molar-refractivity contribution in [3.8, 4) is 0 Å². The summed E-state index contributed by atoms with van der Waals surface area (Å²) >= 11 is 0. The summed E-state index contributed by atoms with van der Waals surface area (Å²) in [7, 11) is 3.47. The summed E-state index contributed by atoms with van der Waals surface area (Å²) in [5.41, 5.74) is 0.744. The highest BCUT2D eigenvalue weighted by molar-refractivity contribution is 5.88. The van der Waals surface area contributed by atoms with Gasteiger partial charge in [0.15, 0.2) is 0 Å². The number of carbonyl (C=O) groups excluding carboxylic acids is 1. The Balaban J connectivity index is 2.45. The van der Waals surface area contributed by atoms with Gasteiger partial charge in [-0.15, -0.1) is 0 Å². The number of methoxy groups -OCH3 is 1. The molecule has 0 radical (unpaired) electrons. The molecule has 1 heterocycles. The van der Waals surface area contributed by atoms with E-state index in [-0.39, 0.29) is 5.97 Å². The molecule has 0 N–H and O–H groups in total. The van der Waals surface area contributed by atoms with E-state index in [1.807, 2.05) is 13.0 Å². The maximum atomic E-state index is 11.3. The molecule has 4 heteroatoms. The standard InChI is InChI=1S/C12H21NO3/c1-4-10(12(14)15-3)5-7-13(2)11-6-8-16-9-11/h5,11H,4,6-9H2,1-3H3. The predicted molar refractivity (Wildman–Crippen MR) is 62.2 cm³/mol. The van der Waals surface area contributed by atoms with Gasteiger partial charge in [-0.05, 0) is 19.9 Å². The minimum absolute atomic E-state index is 0.224. The lowest BCUT2D eigenvalue weighted by molar-refractivity contribution is -0.136. The highest BCUT2D eigenvalue weighted by Gasteiger charge is 2.19. The van der Waals surface area contributed by atoms with Crippen molar-refractivity contribution in [3.05, 3.63) is 11.6 Å². The van der Waals surface area contributed by atoms with Crippen LogP contribution in [0.1, 0.15) is 19.8 Å². The molecule has 0 bridgehead atoms. The third kappa shape index (κ3) is 3.61. The Labute approximate surface area is 97.2 Å². The van der Waals surface area contributed by atoms with Crippen LogP contribution < -0.4 is 0 Å². The fourth-order valence-corrected chi connectivity index (χ4v) is 1.78. The summed E-state index contributed by atoms with van der Waals surface area (Å²) < 4.78 is 10.0. The van der Waals surface area contributed by atoms with E-state index in [2.05, 4.69) is 11.9 Å². The van der Waals surface area contributed by atoms with Gasteiger partial charge in [0, 0.05) is 24.8 Å². The smallest absolute Gasteiger partial charge is 0.333 e. The van der Waals surface area contributed by atoms with Crippen LogP contribution in [0, 0.1) is 0 Å². The van der Waals surface area contributed by atoms with E-state index in [0.717, 1.165) is 31.8 Å². The van der Waals surface area contributed by atoms with Gasteiger partial charge in [0.1, 0.15) is 0 Å². The van der Waals surface area contributed by atoms with Crippen LogP contribution in [0.5, 0.6) is 0 Å². The first-order valence-corrected chi connectivity index (χ1v) is 5.74. The van der Waals surface area contributed by atoms with E-state index in [4.69, 9.17) is 9.47 Å². The van der Waals surface area contributed by atoms with Crippen LogP contribution in [0.25, 0.3) is 0 Å². The van der Waals surface area contributed by atoms with Gasteiger partial charge >= 0.3 is 5.97 Å². The molecular weight excluding hydrogens is 206 g/mol. The molecule has 1 unspecified atom stereocenters. The van der Waals surface area contributed by atoms with E-state index >= 15 is 0 Å². The summed E-state index contributed by atoms with van der Waals surface area (Å²) in [5.74, 6) is -0.224. The fraction of sp³-hybridized carbons (Fsp3) is 0.750. The molecule has 16 heavy (non-hydrogen) atoms. The van der Waals surface area contributed by atoms with E-state index < -0.39 is 0 Å². The van der Waals surface area contributed by atoms with Crippen molar-refractivity contribution < 1.29 is 14.3 Å². The minimum Gasteiger partial charge on any atom is -0.466 e. The Hall–Kier alpha value is -0.870. The van der Waals surface area contributed by atoms with Crippen LogP contribution in [0.2, 0.25) is 0 Å². The first kappa shape index (κ1) is 13.2. The Morgan fingerprint density at radius 1 is 1.62 bits per heavy atom. The molecule has 0 aromatic heterocycles. The molecule has 92 valence electrons. The quantitative estimate of drug-likeness (QED) is 0.523. The van der Waals surface area contributed by atoms with Crippen LogP contribution in [0.3, 0.4) is 0 Å². The molecule has 4 nitrogen and oxygen atoms in total. The van der Waals surface area contributed by atoms with Crippen LogP contribution >= 0.6 is 0 Å². The molecule has 1 fully saturated rings. The zero-order chi connectivity index (χ0) is 12.0. The molecule has 1 rings (SSSR count). The van der Waals surface area contributed by atoms with Crippen LogP contribution in [-0.4, -0.2) is 50.8 Å². The van der Waals surface area contributed by atoms with E-state index in [9.17, 15) is 4.79 Å². The Kier molecular flexibility index (Phi) is 5.49. The van der Waals surface area contributed by atoms with Crippen molar-refractivity contribution in [2.75, 3.05) is 33.9 Å². The summed E-state index contributed by atoms with van der Waals surface area (Å²) in [6, 6.07) is 0.479. The van der Waals surface area contributed by atoms with E-state index in [1.54, 1.807) is 0 Å². The molecular formula is C12H21NO3. The zero-order valence-corrected chi connectivity index (χ0v) is 10.4.